The molecule has 1 rings (SSSR count). The Morgan fingerprint density at radius 1 is 1.45 bits per heavy atom. The molecule has 1 unspecified atom stereocenters. The van der Waals surface area contributed by atoms with E-state index in [4.69, 9.17) is 5.11 Å². The molecular formula is C13H17BrN2O4. The van der Waals surface area contributed by atoms with E-state index >= 15 is 0 Å². The van der Waals surface area contributed by atoms with Crippen LogP contribution in [-0.2, 0) is 0 Å². The molecule has 0 aliphatic rings. The molecule has 1 aromatic rings. The first-order valence-electron chi connectivity index (χ1n) is 6.04. The van der Waals surface area contributed by atoms with Crippen molar-refractivity contribution in [2.45, 2.75) is 19.4 Å². The summed E-state index contributed by atoms with van der Waals surface area (Å²) in [4.78, 5) is 24.3. The van der Waals surface area contributed by atoms with Gasteiger partial charge in [0.15, 0.2) is 0 Å². The first-order chi connectivity index (χ1) is 9.31. The Bertz CT molecular complexity index is 505. The van der Waals surface area contributed by atoms with Gasteiger partial charge in [-0.1, -0.05) is 0 Å². The van der Waals surface area contributed by atoms with Crippen LogP contribution in [0.3, 0.4) is 0 Å². The lowest BCUT2D eigenvalue weighted by Gasteiger charge is -2.19. The maximum Gasteiger partial charge on any atom is 0.336 e. The fraction of sp³-hybridized carbons (Fsp3) is 0.385. The van der Waals surface area contributed by atoms with Crippen molar-refractivity contribution in [1.82, 2.24) is 4.90 Å². The third-order valence-electron chi connectivity index (χ3n) is 2.68. The summed E-state index contributed by atoms with van der Waals surface area (Å²) in [5.41, 5.74) is 0.480. The topological polar surface area (TPSA) is 89.9 Å². The van der Waals surface area contributed by atoms with E-state index in [-0.39, 0.29) is 11.6 Å². The number of aliphatic hydroxyl groups is 1. The van der Waals surface area contributed by atoms with Gasteiger partial charge in [0, 0.05) is 23.8 Å². The lowest BCUT2D eigenvalue weighted by atomic mass is 10.2. The smallest absolute Gasteiger partial charge is 0.336 e. The van der Waals surface area contributed by atoms with E-state index in [9.17, 15) is 14.7 Å². The third-order valence-corrected chi connectivity index (χ3v) is 3.37. The van der Waals surface area contributed by atoms with Crippen molar-refractivity contribution in [1.29, 1.82) is 0 Å². The van der Waals surface area contributed by atoms with Gasteiger partial charge in [-0.05, 0) is 47.5 Å². The summed E-state index contributed by atoms with van der Waals surface area (Å²) in [6.07, 6.45) is 0.00140. The number of anilines is 1. The lowest BCUT2D eigenvalue weighted by molar-refractivity contribution is 0.0696. The molecule has 6 nitrogen and oxygen atoms in total. The number of halogens is 1. The zero-order valence-electron chi connectivity index (χ0n) is 11.3. The number of urea groups is 1. The molecule has 0 heterocycles. The molecule has 0 spiro atoms. The van der Waals surface area contributed by atoms with Crippen LogP contribution in [0, 0.1) is 0 Å². The van der Waals surface area contributed by atoms with Crippen LogP contribution in [0.1, 0.15) is 23.7 Å². The summed E-state index contributed by atoms with van der Waals surface area (Å²) in [6.45, 7) is 2.06. The van der Waals surface area contributed by atoms with Crippen molar-refractivity contribution in [3.05, 3.63) is 28.2 Å². The van der Waals surface area contributed by atoms with Crippen LogP contribution < -0.4 is 5.32 Å². The highest BCUT2D eigenvalue weighted by molar-refractivity contribution is 9.10. The maximum atomic E-state index is 11.9. The number of carboxylic acids is 1. The lowest BCUT2D eigenvalue weighted by Crippen LogP contribution is -2.33. The Kier molecular flexibility index (Phi) is 5.97. The number of aromatic carboxylic acids is 1. The molecule has 0 aromatic heterocycles. The second kappa shape index (κ2) is 7.25. The Morgan fingerprint density at radius 2 is 2.10 bits per heavy atom. The normalized spacial score (nSPS) is 11.8. The molecular weight excluding hydrogens is 328 g/mol. The monoisotopic (exact) mass is 344 g/mol. The molecule has 1 atom stereocenters. The Labute approximate surface area is 125 Å². The molecule has 0 radical (unpaired) electrons. The van der Waals surface area contributed by atoms with Crippen LogP contribution in [-0.4, -0.2) is 46.8 Å². The summed E-state index contributed by atoms with van der Waals surface area (Å²) < 4.78 is 0.449. The first-order valence-corrected chi connectivity index (χ1v) is 6.83. The summed E-state index contributed by atoms with van der Waals surface area (Å²) >= 11 is 3.14. The number of carbonyl (C=O) groups is 2. The summed E-state index contributed by atoms with van der Waals surface area (Å²) in [5, 5.41) is 20.8. The van der Waals surface area contributed by atoms with Gasteiger partial charge >= 0.3 is 12.0 Å². The van der Waals surface area contributed by atoms with E-state index in [1.807, 2.05) is 0 Å². The highest BCUT2D eigenvalue weighted by Gasteiger charge is 2.13. The largest absolute Gasteiger partial charge is 0.478 e. The number of amides is 2. The minimum atomic E-state index is -1.07. The van der Waals surface area contributed by atoms with Crippen molar-refractivity contribution in [2.75, 3.05) is 18.9 Å². The zero-order chi connectivity index (χ0) is 15.3. The van der Waals surface area contributed by atoms with Gasteiger partial charge in [-0.2, -0.15) is 0 Å². The number of nitrogens with zero attached hydrogens (tertiary/aromatic N) is 1. The van der Waals surface area contributed by atoms with Gasteiger partial charge in [0.2, 0.25) is 0 Å². The Balaban J connectivity index is 2.71. The van der Waals surface area contributed by atoms with E-state index in [2.05, 4.69) is 21.2 Å². The third kappa shape index (κ3) is 4.82. The van der Waals surface area contributed by atoms with Gasteiger partial charge in [0.25, 0.3) is 0 Å². The number of carbonyl (C=O) groups excluding carboxylic acids is 1. The number of benzene rings is 1. The quantitative estimate of drug-likeness (QED) is 0.764. The average molecular weight is 345 g/mol. The van der Waals surface area contributed by atoms with Gasteiger partial charge in [-0.15, -0.1) is 0 Å². The molecule has 110 valence electrons. The molecule has 0 fully saturated rings. The minimum Gasteiger partial charge on any atom is -0.478 e. The summed E-state index contributed by atoms with van der Waals surface area (Å²) in [7, 11) is 1.61. The molecule has 0 bridgehead atoms. The molecule has 3 N–H and O–H groups in total. The molecule has 0 aliphatic heterocycles. The van der Waals surface area contributed by atoms with Crippen LogP contribution in [0.4, 0.5) is 10.5 Å². The number of hydrogen-bond acceptors (Lipinski definition) is 3. The van der Waals surface area contributed by atoms with Crippen molar-refractivity contribution in [2.24, 2.45) is 0 Å². The van der Waals surface area contributed by atoms with Gasteiger partial charge in [-0.25, -0.2) is 9.59 Å². The van der Waals surface area contributed by atoms with E-state index in [1.165, 1.54) is 11.0 Å². The zero-order valence-corrected chi connectivity index (χ0v) is 12.8. The molecule has 20 heavy (non-hydrogen) atoms. The predicted molar refractivity (Wildman–Crippen MR) is 79.0 cm³/mol. The van der Waals surface area contributed by atoms with E-state index in [0.717, 1.165) is 0 Å². The van der Waals surface area contributed by atoms with Gasteiger partial charge < -0.3 is 20.4 Å². The molecule has 0 saturated carbocycles. The van der Waals surface area contributed by atoms with E-state index in [0.29, 0.717) is 23.1 Å². The number of aliphatic hydroxyl groups excluding tert-OH is 1. The molecule has 0 aliphatic carbocycles. The number of nitrogens with one attached hydrogen (secondary N) is 1. The fourth-order valence-corrected chi connectivity index (χ4v) is 1.88. The van der Waals surface area contributed by atoms with Crippen molar-refractivity contribution < 1.29 is 19.8 Å². The van der Waals surface area contributed by atoms with Gasteiger partial charge in [0.05, 0.1) is 11.7 Å². The van der Waals surface area contributed by atoms with Crippen LogP contribution in [0.15, 0.2) is 22.7 Å². The van der Waals surface area contributed by atoms with E-state index in [1.54, 1.807) is 26.1 Å². The van der Waals surface area contributed by atoms with Crippen LogP contribution in [0.25, 0.3) is 0 Å². The first kappa shape index (κ1) is 16.5. The second-order valence-electron chi connectivity index (χ2n) is 4.49. The number of hydrogen-bond donors (Lipinski definition) is 3. The van der Waals surface area contributed by atoms with E-state index < -0.39 is 12.1 Å². The maximum absolute atomic E-state index is 11.9. The van der Waals surface area contributed by atoms with Crippen molar-refractivity contribution in [3.63, 3.8) is 0 Å². The van der Waals surface area contributed by atoms with Crippen molar-refractivity contribution in [3.8, 4) is 0 Å². The van der Waals surface area contributed by atoms with Crippen LogP contribution in [0.5, 0.6) is 0 Å². The van der Waals surface area contributed by atoms with Crippen molar-refractivity contribution >= 4 is 33.6 Å². The van der Waals surface area contributed by atoms with Gasteiger partial charge in [-0.3, -0.25) is 0 Å². The van der Waals surface area contributed by atoms with Gasteiger partial charge in [0.1, 0.15) is 0 Å². The summed E-state index contributed by atoms with van der Waals surface area (Å²) in [5.74, 6) is -1.07. The molecule has 7 heteroatoms. The van der Waals surface area contributed by atoms with Crippen LogP contribution >= 0.6 is 15.9 Å². The molecule has 1 aromatic carbocycles. The highest BCUT2D eigenvalue weighted by Crippen LogP contribution is 2.21. The molecule has 0 saturated heterocycles. The minimum absolute atomic E-state index is 0.0782. The number of carboxylic acid groups (broad SMARTS) is 1. The highest BCUT2D eigenvalue weighted by atomic mass is 79.9. The fourth-order valence-electron chi connectivity index (χ4n) is 1.47. The second-order valence-corrected chi connectivity index (χ2v) is 5.34. The predicted octanol–water partition coefficient (Wildman–Crippen LogP) is 2.38. The Hall–Kier alpha value is -1.60. The molecule has 2 amide bonds. The summed E-state index contributed by atoms with van der Waals surface area (Å²) in [6, 6.07) is 4.20. The Morgan fingerprint density at radius 3 is 2.65 bits per heavy atom. The van der Waals surface area contributed by atoms with Crippen LogP contribution in [0.2, 0.25) is 0 Å². The standard InChI is InChI=1S/C13H17BrN2O4/c1-8(17)5-6-16(2)13(20)15-9-3-4-11(14)10(7-9)12(18)19/h3-4,7-8,17H,5-6H2,1-2H3,(H,15,20)(H,18,19). The number of rotatable bonds is 5. The average Bonchev–Trinajstić information content (AvgIpc) is 2.37. The SMILES string of the molecule is CC(O)CCN(C)C(=O)Nc1ccc(Br)c(C(=O)O)c1.